The molecule has 0 saturated carbocycles. The Morgan fingerprint density at radius 2 is 2.14 bits per heavy atom. The molecule has 0 atom stereocenters. The molecule has 0 heterocycles. The van der Waals surface area contributed by atoms with Crippen LogP contribution < -0.4 is 10.5 Å². The lowest BCUT2D eigenvalue weighted by molar-refractivity contribution is 0.324. The first-order chi connectivity index (χ1) is 6.88. The number of benzene rings is 1. The van der Waals surface area contributed by atoms with Gasteiger partial charge in [0.1, 0.15) is 5.75 Å². The van der Waals surface area contributed by atoms with Gasteiger partial charge in [0.25, 0.3) is 0 Å². The fourth-order valence-electron chi connectivity index (χ4n) is 1.15. The van der Waals surface area contributed by atoms with Gasteiger partial charge in [0, 0.05) is 18.5 Å². The summed E-state index contributed by atoms with van der Waals surface area (Å²) >= 11 is 0. The molecule has 0 aliphatic rings. The third-order valence-corrected chi connectivity index (χ3v) is 1.85. The Bertz CT molecular complexity index is 336. The molecule has 1 aromatic carbocycles. The van der Waals surface area contributed by atoms with Crippen molar-refractivity contribution in [1.82, 2.24) is 0 Å². The van der Waals surface area contributed by atoms with Gasteiger partial charge in [0.2, 0.25) is 0 Å². The smallest absolute Gasteiger partial charge is 0.123 e. The van der Waals surface area contributed by atoms with Crippen molar-refractivity contribution in [3.63, 3.8) is 0 Å². The fraction of sp³-hybridized carbons (Fsp3) is 0.333. The summed E-state index contributed by atoms with van der Waals surface area (Å²) in [7, 11) is 0. The molecule has 2 heteroatoms. The Hall–Kier alpha value is -1.46. The van der Waals surface area contributed by atoms with E-state index in [1.807, 2.05) is 31.2 Å². The highest BCUT2D eigenvalue weighted by Crippen LogP contribution is 2.16. The van der Waals surface area contributed by atoms with Gasteiger partial charge in [-0.05, 0) is 13.0 Å². The Morgan fingerprint density at radius 1 is 1.36 bits per heavy atom. The average molecular weight is 189 g/mol. The zero-order valence-corrected chi connectivity index (χ0v) is 8.42. The molecule has 74 valence electrons. The van der Waals surface area contributed by atoms with Crippen LogP contribution in [0.2, 0.25) is 0 Å². The van der Waals surface area contributed by atoms with E-state index in [0.29, 0.717) is 13.2 Å². The molecule has 0 aliphatic heterocycles. The molecule has 1 aromatic rings. The van der Waals surface area contributed by atoms with E-state index in [4.69, 9.17) is 10.5 Å². The van der Waals surface area contributed by atoms with Crippen molar-refractivity contribution < 1.29 is 4.74 Å². The highest BCUT2D eigenvalue weighted by molar-refractivity contribution is 5.32. The SMILES string of the molecule is CC#CCCOc1ccccc1CN. The number of para-hydroxylation sites is 1. The van der Waals surface area contributed by atoms with Crippen LogP contribution in [0.5, 0.6) is 5.75 Å². The first kappa shape index (κ1) is 10.6. The number of hydrogen-bond acceptors (Lipinski definition) is 2. The molecule has 1 rings (SSSR count). The molecule has 0 saturated heterocycles. The van der Waals surface area contributed by atoms with Gasteiger partial charge in [-0.15, -0.1) is 11.8 Å². The van der Waals surface area contributed by atoms with Crippen LogP contribution in [-0.4, -0.2) is 6.61 Å². The molecule has 0 spiro atoms. The third kappa shape index (κ3) is 3.12. The van der Waals surface area contributed by atoms with E-state index in [2.05, 4.69) is 11.8 Å². The summed E-state index contributed by atoms with van der Waals surface area (Å²) in [5, 5.41) is 0. The molecule has 0 amide bonds. The monoisotopic (exact) mass is 189 g/mol. The summed E-state index contributed by atoms with van der Waals surface area (Å²) in [6, 6.07) is 7.81. The van der Waals surface area contributed by atoms with Crippen LogP contribution in [0, 0.1) is 11.8 Å². The van der Waals surface area contributed by atoms with Crippen LogP contribution in [-0.2, 0) is 6.54 Å². The highest BCUT2D eigenvalue weighted by Gasteiger charge is 1.98. The van der Waals surface area contributed by atoms with E-state index < -0.39 is 0 Å². The zero-order valence-electron chi connectivity index (χ0n) is 8.42. The first-order valence-corrected chi connectivity index (χ1v) is 4.69. The van der Waals surface area contributed by atoms with E-state index in [9.17, 15) is 0 Å². The second kappa shape index (κ2) is 6.06. The van der Waals surface area contributed by atoms with E-state index in [0.717, 1.165) is 17.7 Å². The van der Waals surface area contributed by atoms with E-state index >= 15 is 0 Å². The summed E-state index contributed by atoms with van der Waals surface area (Å²) in [5.74, 6) is 6.65. The summed E-state index contributed by atoms with van der Waals surface area (Å²) < 4.78 is 5.55. The van der Waals surface area contributed by atoms with Gasteiger partial charge in [-0.3, -0.25) is 0 Å². The molecule has 14 heavy (non-hydrogen) atoms. The minimum absolute atomic E-state index is 0.510. The van der Waals surface area contributed by atoms with Crippen molar-refractivity contribution >= 4 is 0 Å². The van der Waals surface area contributed by atoms with E-state index in [1.165, 1.54) is 0 Å². The van der Waals surface area contributed by atoms with Crippen LogP contribution in [0.4, 0.5) is 0 Å². The molecule has 0 aliphatic carbocycles. The zero-order chi connectivity index (χ0) is 10.2. The van der Waals surface area contributed by atoms with E-state index in [1.54, 1.807) is 0 Å². The van der Waals surface area contributed by atoms with Crippen molar-refractivity contribution in [3.05, 3.63) is 29.8 Å². The van der Waals surface area contributed by atoms with Gasteiger partial charge in [-0.25, -0.2) is 0 Å². The quantitative estimate of drug-likeness (QED) is 0.580. The molecule has 0 bridgehead atoms. The third-order valence-electron chi connectivity index (χ3n) is 1.85. The standard InChI is InChI=1S/C12H15NO/c1-2-3-6-9-14-12-8-5-4-7-11(12)10-13/h4-5,7-8H,6,9-10,13H2,1H3. The second-order valence-electron chi connectivity index (χ2n) is 2.84. The fourth-order valence-corrected chi connectivity index (χ4v) is 1.15. The number of nitrogens with two attached hydrogens (primary N) is 1. The molecule has 0 unspecified atom stereocenters. The molecular formula is C12H15NO. The maximum atomic E-state index is 5.57. The largest absolute Gasteiger partial charge is 0.492 e. The van der Waals surface area contributed by atoms with Crippen molar-refractivity contribution in [2.45, 2.75) is 19.9 Å². The maximum absolute atomic E-state index is 5.57. The van der Waals surface area contributed by atoms with Crippen molar-refractivity contribution in [2.75, 3.05) is 6.61 Å². The lowest BCUT2D eigenvalue weighted by Gasteiger charge is -2.08. The lowest BCUT2D eigenvalue weighted by atomic mass is 10.2. The number of rotatable bonds is 4. The maximum Gasteiger partial charge on any atom is 0.123 e. The Balaban J connectivity index is 2.51. The molecular weight excluding hydrogens is 174 g/mol. The van der Waals surface area contributed by atoms with Crippen LogP contribution in [0.3, 0.4) is 0 Å². The van der Waals surface area contributed by atoms with Crippen LogP contribution in [0.25, 0.3) is 0 Å². The first-order valence-electron chi connectivity index (χ1n) is 4.69. The predicted molar refractivity (Wildman–Crippen MR) is 57.9 cm³/mol. The summed E-state index contributed by atoms with van der Waals surface area (Å²) in [6.07, 6.45) is 0.759. The minimum atomic E-state index is 0.510. The topological polar surface area (TPSA) is 35.2 Å². The molecule has 0 aromatic heterocycles. The summed E-state index contributed by atoms with van der Waals surface area (Å²) in [5.41, 5.74) is 6.61. The van der Waals surface area contributed by atoms with Crippen molar-refractivity contribution in [2.24, 2.45) is 5.73 Å². The number of ether oxygens (including phenoxy) is 1. The predicted octanol–water partition coefficient (Wildman–Crippen LogP) is 1.94. The minimum Gasteiger partial charge on any atom is -0.492 e. The van der Waals surface area contributed by atoms with Gasteiger partial charge >= 0.3 is 0 Å². The molecule has 0 radical (unpaired) electrons. The normalized spacial score (nSPS) is 9.00. The molecule has 2 N–H and O–H groups in total. The van der Waals surface area contributed by atoms with Gasteiger partial charge in [-0.1, -0.05) is 18.2 Å². The molecule has 2 nitrogen and oxygen atoms in total. The molecule has 0 fully saturated rings. The lowest BCUT2D eigenvalue weighted by Crippen LogP contribution is -2.02. The van der Waals surface area contributed by atoms with E-state index in [-0.39, 0.29) is 0 Å². The Morgan fingerprint density at radius 3 is 2.86 bits per heavy atom. The Kier molecular flexibility index (Phi) is 4.60. The average Bonchev–Trinajstić information content (AvgIpc) is 2.25. The summed E-state index contributed by atoms with van der Waals surface area (Å²) in [4.78, 5) is 0. The number of hydrogen-bond donors (Lipinski definition) is 1. The second-order valence-corrected chi connectivity index (χ2v) is 2.84. The highest BCUT2D eigenvalue weighted by atomic mass is 16.5. The van der Waals surface area contributed by atoms with Crippen molar-refractivity contribution in [1.29, 1.82) is 0 Å². The summed E-state index contributed by atoms with van der Waals surface area (Å²) in [6.45, 7) is 2.96. The van der Waals surface area contributed by atoms with Gasteiger partial charge in [-0.2, -0.15) is 0 Å². The van der Waals surface area contributed by atoms with Gasteiger partial charge in [0.05, 0.1) is 6.61 Å². The van der Waals surface area contributed by atoms with Crippen LogP contribution in [0.15, 0.2) is 24.3 Å². The van der Waals surface area contributed by atoms with Crippen LogP contribution in [0.1, 0.15) is 18.9 Å². The van der Waals surface area contributed by atoms with Crippen molar-refractivity contribution in [3.8, 4) is 17.6 Å². The Labute approximate surface area is 85.1 Å². The van der Waals surface area contributed by atoms with Gasteiger partial charge < -0.3 is 10.5 Å². The van der Waals surface area contributed by atoms with Crippen LogP contribution >= 0.6 is 0 Å². The van der Waals surface area contributed by atoms with Gasteiger partial charge in [0.15, 0.2) is 0 Å².